The summed E-state index contributed by atoms with van der Waals surface area (Å²) in [6.07, 6.45) is 0.459. The minimum absolute atomic E-state index is 0.00344. The monoisotopic (exact) mass is 433 g/mol. The van der Waals surface area contributed by atoms with E-state index in [4.69, 9.17) is 4.74 Å². The highest BCUT2D eigenvalue weighted by molar-refractivity contribution is 6.01. The average molecular weight is 434 g/mol. The van der Waals surface area contributed by atoms with Crippen LogP contribution in [0.4, 0.5) is 4.79 Å². The normalized spacial score (nSPS) is 22.0. The highest BCUT2D eigenvalue weighted by atomic mass is 16.6. The first-order valence-electron chi connectivity index (χ1n) is 11.3. The average Bonchev–Trinajstić information content (AvgIpc) is 2.84. The molecule has 3 aliphatic rings. The molecule has 0 aromatic heterocycles. The van der Waals surface area contributed by atoms with Crippen molar-refractivity contribution in [2.24, 2.45) is 0 Å². The molecular weight excluding hydrogens is 406 g/mol. The molecule has 32 heavy (non-hydrogen) atoms. The summed E-state index contributed by atoms with van der Waals surface area (Å²) in [6.45, 7) is 4.53. The van der Waals surface area contributed by atoms with Crippen molar-refractivity contribution in [1.29, 1.82) is 0 Å². The predicted molar refractivity (Wildman–Crippen MR) is 118 cm³/mol. The molecule has 3 heterocycles. The zero-order valence-electron chi connectivity index (χ0n) is 18.2. The van der Waals surface area contributed by atoms with E-state index in [-0.39, 0.29) is 23.9 Å². The summed E-state index contributed by atoms with van der Waals surface area (Å²) in [5, 5.41) is 0. The molecule has 0 radical (unpaired) electrons. The van der Waals surface area contributed by atoms with Crippen LogP contribution < -0.4 is 0 Å². The van der Waals surface area contributed by atoms with Gasteiger partial charge in [0.15, 0.2) is 0 Å². The molecule has 3 aliphatic heterocycles. The Morgan fingerprint density at radius 1 is 0.906 bits per heavy atom. The molecule has 5 rings (SSSR count). The van der Waals surface area contributed by atoms with E-state index in [0.717, 1.165) is 17.5 Å². The third-order valence-corrected chi connectivity index (χ3v) is 6.82. The lowest BCUT2D eigenvalue weighted by atomic mass is 9.75. The largest absolute Gasteiger partial charge is 0.450 e. The molecule has 0 aliphatic carbocycles. The Bertz CT molecular complexity index is 1060. The summed E-state index contributed by atoms with van der Waals surface area (Å²) in [6, 6.07) is 15.3. The number of amides is 3. The lowest BCUT2D eigenvalue weighted by Crippen LogP contribution is -2.55. The fraction of sp³-hybridized carbons (Fsp3) is 0.400. The molecule has 1 saturated heterocycles. The number of rotatable bonds is 2. The Morgan fingerprint density at radius 3 is 2.31 bits per heavy atom. The third-order valence-electron chi connectivity index (χ3n) is 6.82. The van der Waals surface area contributed by atoms with Gasteiger partial charge in [-0.15, -0.1) is 0 Å². The number of carbonyl (C=O) groups excluding carboxylic acids is 3. The van der Waals surface area contributed by atoms with Crippen LogP contribution in [0.5, 0.6) is 0 Å². The van der Waals surface area contributed by atoms with Crippen molar-refractivity contribution in [3.05, 3.63) is 70.8 Å². The Hall–Kier alpha value is -3.35. The van der Waals surface area contributed by atoms with Gasteiger partial charge in [0.2, 0.25) is 5.91 Å². The van der Waals surface area contributed by atoms with Gasteiger partial charge in [0.1, 0.15) is 0 Å². The Morgan fingerprint density at radius 2 is 1.56 bits per heavy atom. The molecule has 2 unspecified atom stereocenters. The smallest absolute Gasteiger partial charge is 0.409 e. The Balaban J connectivity index is 1.49. The van der Waals surface area contributed by atoms with Gasteiger partial charge in [0.05, 0.1) is 18.6 Å². The number of piperazine rings is 1. The van der Waals surface area contributed by atoms with Crippen molar-refractivity contribution in [2.45, 2.75) is 25.3 Å². The highest BCUT2D eigenvalue weighted by Gasteiger charge is 2.47. The zero-order chi connectivity index (χ0) is 22.2. The van der Waals surface area contributed by atoms with Crippen LogP contribution in [0.2, 0.25) is 0 Å². The molecule has 3 amide bonds. The molecule has 0 N–H and O–H groups in total. The molecule has 7 heteroatoms. The van der Waals surface area contributed by atoms with Gasteiger partial charge >= 0.3 is 6.09 Å². The number of hydrogen-bond donors (Lipinski definition) is 0. The number of ether oxygens (including phenoxy) is 1. The van der Waals surface area contributed by atoms with E-state index < -0.39 is 5.92 Å². The van der Waals surface area contributed by atoms with Crippen molar-refractivity contribution in [2.75, 3.05) is 39.3 Å². The van der Waals surface area contributed by atoms with Gasteiger partial charge in [0.25, 0.3) is 5.91 Å². The van der Waals surface area contributed by atoms with Gasteiger partial charge in [-0.05, 0) is 36.1 Å². The second-order valence-electron chi connectivity index (χ2n) is 8.47. The summed E-state index contributed by atoms with van der Waals surface area (Å²) in [5.41, 5.74) is 3.68. The van der Waals surface area contributed by atoms with E-state index in [9.17, 15) is 14.4 Å². The molecule has 2 atom stereocenters. The maximum Gasteiger partial charge on any atom is 0.409 e. The first-order chi connectivity index (χ1) is 15.6. The van der Waals surface area contributed by atoms with Crippen LogP contribution in [0.1, 0.15) is 45.9 Å². The van der Waals surface area contributed by atoms with E-state index in [1.165, 1.54) is 5.56 Å². The number of fused-ring (bicyclic) bond motifs is 4. The van der Waals surface area contributed by atoms with Crippen molar-refractivity contribution in [1.82, 2.24) is 14.7 Å². The number of carbonyl (C=O) groups is 3. The van der Waals surface area contributed by atoms with Gasteiger partial charge in [-0.1, -0.05) is 42.5 Å². The van der Waals surface area contributed by atoms with Crippen molar-refractivity contribution in [3.8, 4) is 0 Å². The molecule has 0 spiro atoms. The Labute approximate surface area is 187 Å². The number of nitrogens with zero attached hydrogens (tertiary/aromatic N) is 3. The maximum absolute atomic E-state index is 13.9. The van der Waals surface area contributed by atoms with Gasteiger partial charge in [0, 0.05) is 38.3 Å². The fourth-order valence-electron chi connectivity index (χ4n) is 5.26. The number of hydrogen-bond acceptors (Lipinski definition) is 4. The van der Waals surface area contributed by atoms with Crippen LogP contribution in [-0.2, 0) is 16.0 Å². The standard InChI is InChI=1S/C25H27N3O4/c1-2-32-25(31)27-15-13-26(14-16-27)24(30)21-19-9-5-6-10-20(19)23(29)28-12-11-17-7-3-4-8-18(17)22(21)28/h3-10,21-22H,2,11-16H2,1H3. The van der Waals surface area contributed by atoms with Gasteiger partial charge < -0.3 is 19.4 Å². The van der Waals surface area contributed by atoms with Crippen LogP contribution in [0.3, 0.4) is 0 Å². The third kappa shape index (κ3) is 3.32. The van der Waals surface area contributed by atoms with Crippen LogP contribution >= 0.6 is 0 Å². The van der Waals surface area contributed by atoms with E-state index in [2.05, 4.69) is 6.07 Å². The zero-order valence-corrected chi connectivity index (χ0v) is 18.2. The van der Waals surface area contributed by atoms with Crippen LogP contribution in [0, 0.1) is 0 Å². The summed E-state index contributed by atoms with van der Waals surface area (Å²) in [7, 11) is 0. The maximum atomic E-state index is 13.9. The van der Waals surface area contributed by atoms with Crippen LogP contribution in [0.15, 0.2) is 48.5 Å². The summed E-state index contributed by atoms with van der Waals surface area (Å²) in [4.78, 5) is 44.7. The predicted octanol–water partition coefficient (Wildman–Crippen LogP) is 2.82. The highest BCUT2D eigenvalue weighted by Crippen LogP contribution is 2.46. The SMILES string of the molecule is CCOC(=O)N1CCN(C(=O)C2c3ccccc3C(=O)N3CCc4ccccc4C23)CC1. The van der Waals surface area contributed by atoms with E-state index in [1.54, 1.807) is 11.8 Å². The number of benzene rings is 2. The molecule has 2 aromatic rings. The summed E-state index contributed by atoms with van der Waals surface area (Å²) in [5.74, 6) is -0.448. The van der Waals surface area contributed by atoms with Crippen molar-refractivity contribution in [3.63, 3.8) is 0 Å². The molecule has 7 nitrogen and oxygen atoms in total. The second-order valence-corrected chi connectivity index (χ2v) is 8.47. The first kappa shape index (κ1) is 20.5. The lowest BCUT2D eigenvalue weighted by molar-refractivity contribution is -0.136. The van der Waals surface area contributed by atoms with E-state index >= 15 is 0 Å². The summed E-state index contributed by atoms with van der Waals surface area (Å²) < 4.78 is 5.10. The quantitative estimate of drug-likeness (QED) is 0.730. The van der Waals surface area contributed by atoms with Crippen LogP contribution in [0.25, 0.3) is 0 Å². The van der Waals surface area contributed by atoms with Crippen molar-refractivity contribution >= 4 is 17.9 Å². The second kappa shape index (κ2) is 8.30. The molecule has 0 saturated carbocycles. The van der Waals surface area contributed by atoms with Gasteiger partial charge in [-0.3, -0.25) is 9.59 Å². The van der Waals surface area contributed by atoms with Crippen LogP contribution in [-0.4, -0.2) is 71.9 Å². The lowest BCUT2D eigenvalue weighted by Gasteiger charge is -2.47. The fourth-order valence-corrected chi connectivity index (χ4v) is 5.26. The molecule has 1 fully saturated rings. The topological polar surface area (TPSA) is 70.2 Å². The van der Waals surface area contributed by atoms with E-state index in [0.29, 0.717) is 44.9 Å². The molecule has 0 bridgehead atoms. The molecular formula is C25H27N3O4. The first-order valence-corrected chi connectivity index (χ1v) is 11.3. The van der Waals surface area contributed by atoms with Gasteiger partial charge in [-0.25, -0.2) is 4.79 Å². The van der Waals surface area contributed by atoms with Gasteiger partial charge in [-0.2, -0.15) is 0 Å². The van der Waals surface area contributed by atoms with E-state index in [1.807, 2.05) is 52.3 Å². The summed E-state index contributed by atoms with van der Waals surface area (Å²) >= 11 is 0. The molecule has 166 valence electrons. The molecule has 2 aromatic carbocycles. The minimum Gasteiger partial charge on any atom is -0.450 e. The van der Waals surface area contributed by atoms with Crippen molar-refractivity contribution < 1.29 is 19.1 Å². The minimum atomic E-state index is -0.459. The Kier molecular flexibility index (Phi) is 5.33.